The minimum atomic E-state index is 0.199. The highest BCUT2D eigenvalue weighted by atomic mass is 32.1. The number of benzene rings is 1. The van der Waals surface area contributed by atoms with E-state index in [0.717, 1.165) is 23.5 Å². The second-order valence-corrected chi connectivity index (χ2v) is 3.11. The maximum absolute atomic E-state index is 8.57. The summed E-state index contributed by atoms with van der Waals surface area (Å²) >= 11 is 5.14. The smallest absolute Gasteiger partial charge is 0.106 e. The number of rotatable bonds is 4. The average molecular weight is 195 g/mol. The number of aliphatic hydroxyl groups excluding tert-OH is 1. The molecule has 0 atom stereocenters. The normalized spacial score (nSPS) is 9.62. The van der Waals surface area contributed by atoms with Crippen molar-refractivity contribution in [1.29, 1.82) is 0 Å². The lowest BCUT2D eigenvalue weighted by molar-refractivity contribution is 0.289. The maximum Gasteiger partial charge on any atom is 0.106 e. The lowest BCUT2D eigenvalue weighted by Crippen LogP contribution is -2.23. The SMILES string of the molecule is OCCCNC(=S)c1ccccc1. The molecule has 0 heterocycles. The molecule has 0 aromatic heterocycles. The van der Waals surface area contributed by atoms with Crippen LogP contribution in [-0.2, 0) is 0 Å². The molecule has 2 N–H and O–H groups in total. The minimum absolute atomic E-state index is 0.199. The van der Waals surface area contributed by atoms with Gasteiger partial charge in [-0.2, -0.15) is 0 Å². The molecule has 0 amide bonds. The maximum atomic E-state index is 8.57. The van der Waals surface area contributed by atoms with Crippen LogP contribution < -0.4 is 5.32 Å². The molecule has 70 valence electrons. The highest BCUT2D eigenvalue weighted by Gasteiger charge is 1.97. The quantitative estimate of drug-likeness (QED) is 0.561. The van der Waals surface area contributed by atoms with Gasteiger partial charge in [-0.25, -0.2) is 0 Å². The first-order valence-corrected chi connectivity index (χ1v) is 4.69. The lowest BCUT2D eigenvalue weighted by Gasteiger charge is -2.06. The summed E-state index contributed by atoms with van der Waals surface area (Å²) in [5, 5.41) is 11.6. The summed E-state index contributed by atoms with van der Waals surface area (Å²) in [6.07, 6.45) is 0.729. The predicted octanol–water partition coefficient (Wildman–Crippen LogP) is 1.33. The Morgan fingerprint density at radius 1 is 1.31 bits per heavy atom. The van der Waals surface area contributed by atoms with Crippen LogP contribution in [0, 0.1) is 0 Å². The molecule has 13 heavy (non-hydrogen) atoms. The van der Waals surface area contributed by atoms with E-state index < -0.39 is 0 Å². The summed E-state index contributed by atoms with van der Waals surface area (Å²) in [7, 11) is 0. The van der Waals surface area contributed by atoms with Gasteiger partial charge in [-0.05, 0) is 6.42 Å². The first kappa shape index (κ1) is 10.2. The molecule has 0 aliphatic carbocycles. The van der Waals surface area contributed by atoms with Crippen molar-refractivity contribution in [2.75, 3.05) is 13.2 Å². The third-order valence-corrected chi connectivity index (χ3v) is 2.04. The molecular weight excluding hydrogens is 182 g/mol. The summed E-state index contributed by atoms with van der Waals surface area (Å²) in [6.45, 7) is 0.925. The fraction of sp³-hybridized carbons (Fsp3) is 0.300. The fourth-order valence-electron chi connectivity index (χ4n) is 0.973. The number of hydrogen-bond acceptors (Lipinski definition) is 2. The van der Waals surface area contributed by atoms with E-state index in [0.29, 0.717) is 0 Å². The Kier molecular flexibility index (Phi) is 4.43. The third-order valence-electron chi connectivity index (χ3n) is 1.66. The van der Waals surface area contributed by atoms with Crippen LogP contribution in [0.15, 0.2) is 30.3 Å². The Balaban J connectivity index is 2.40. The van der Waals surface area contributed by atoms with Crippen LogP contribution in [0.4, 0.5) is 0 Å². The van der Waals surface area contributed by atoms with E-state index in [1.54, 1.807) is 0 Å². The van der Waals surface area contributed by atoms with Crippen molar-refractivity contribution < 1.29 is 5.11 Å². The fourth-order valence-corrected chi connectivity index (χ4v) is 1.21. The minimum Gasteiger partial charge on any atom is -0.396 e. The Labute approximate surface area is 83.6 Å². The Hall–Kier alpha value is -0.930. The van der Waals surface area contributed by atoms with E-state index >= 15 is 0 Å². The summed E-state index contributed by atoms with van der Waals surface area (Å²) in [4.78, 5) is 0.744. The van der Waals surface area contributed by atoms with Gasteiger partial charge in [0.15, 0.2) is 0 Å². The van der Waals surface area contributed by atoms with Crippen LogP contribution in [-0.4, -0.2) is 23.2 Å². The Morgan fingerprint density at radius 3 is 2.62 bits per heavy atom. The molecule has 2 nitrogen and oxygen atoms in total. The van der Waals surface area contributed by atoms with Gasteiger partial charge in [0, 0.05) is 18.7 Å². The van der Waals surface area contributed by atoms with Crippen LogP contribution in [0.1, 0.15) is 12.0 Å². The standard InChI is InChI=1S/C10H13NOS/c12-8-4-7-11-10(13)9-5-2-1-3-6-9/h1-3,5-6,12H,4,7-8H2,(H,11,13). The molecule has 3 heteroatoms. The summed E-state index contributed by atoms with van der Waals surface area (Å²) in [6, 6.07) is 9.80. The van der Waals surface area contributed by atoms with Crippen LogP contribution >= 0.6 is 12.2 Å². The molecule has 0 aliphatic rings. The summed E-state index contributed by atoms with van der Waals surface area (Å²) in [5.41, 5.74) is 1.02. The number of aliphatic hydroxyl groups is 1. The summed E-state index contributed by atoms with van der Waals surface area (Å²) in [5.74, 6) is 0. The predicted molar refractivity (Wildman–Crippen MR) is 57.8 cm³/mol. The average Bonchev–Trinajstić information content (AvgIpc) is 2.19. The molecule has 0 saturated heterocycles. The molecule has 0 saturated carbocycles. The number of nitrogens with one attached hydrogen (secondary N) is 1. The molecule has 1 aromatic rings. The van der Waals surface area contributed by atoms with E-state index in [-0.39, 0.29) is 6.61 Å². The van der Waals surface area contributed by atoms with Crippen molar-refractivity contribution >= 4 is 17.2 Å². The molecule has 0 radical (unpaired) electrons. The van der Waals surface area contributed by atoms with E-state index in [9.17, 15) is 0 Å². The van der Waals surface area contributed by atoms with Gasteiger partial charge in [0.25, 0.3) is 0 Å². The van der Waals surface area contributed by atoms with Gasteiger partial charge >= 0.3 is 0 Å². The van der Waals surface area contributed by atoms with E-state index in [4.69, 9.17) is 17.3 Å². The topological polar surface area (TPSA) is 32.3 Å². The monoisotopic (exact) mass is 195 g/mol. The van der Waals surface area contributed by atoms with Crippen LogP contribution in [0.3, 0.4) is 0 Å². The van der Waals surface area contributed by atoms with E-state index in [1.165, 1.54) is 0 Å². The van der Waals surface area contributed by atoms with Crippen molar-refractivity contribution in [1.82, 2.24) is 5.32 Å². The van der Waals surface area contributed by atoms with Gasteiger partial charge in [-0.1, -0.05) is 42.5 Å². The van der Waals surface area contributed by atoms with Gasteiger partial charge in [0.1, 0.15) is 4.99 Å². The van der Waals surface area contributed by atoms with Gasteiger partial charge in [-0.3, -0.25) is 0 Å². The highest BCUT2D eigenvalue weighted by molar-refractivity contribution is 7.80. The van der Waals surface area contributed by atoms with Crippen molar-refractivity contribution in [2.45, 2.75) is 6.42 Å². The number of thiocarbonyl (C=S) groups is 1. The van der Waals surface area contributed by atoms with Crippen LogP contribution in [0.25, 0.3) is 0 Å². The summed E-state index contributed by atoms with van der Waals surface area (Å²) < 4.78 is 0. The zero-order valence-corrected chi connectivity index (χ0v) is 8.18. The zero-order chi connectivity index (χ0) is 9.52. The van der Waals surface area contributed by atoms with Crippen molar-refractivity contribution in [3.05, 3.63) is 35.9 Å². The lowest BCUT2D eigenvalue weighted by atomic mass is 10.2. The molecule has 0 unspecified atom stereocenters. The molecule has 1 rings (SSSR count). The van der Waals surface area contributed by atoms with Gasteiger partial charge in [-0.15, -0.1) is 0 Å². The third kappa shape index (κ3) is 3.53. The van der Waals surface area contributed by atoms with E-state index in [1.807, 2.05) is 30.3 Å². The second kappa shape index (κ2) is 5.67. The first-order chi connectivity index (χ1) is 6.34. The van der Waals surface area contributed by atoms with Gasteiger partial charge in [0.05, 0.1) is 0 Å². The highest BCUT2D eigenvalue weighted by Crippen LogP contribution is 1.98. The van der Waals surface area contributed by atoms with Gasteiger partial charge < -0.3 is 10.4 Å². The van der Waals surface area contributed by atoms with E-state index in [2.05, 4.69) is 5.32 Å². The van der Waals surface area contributed by atoms with Crippen molar-refractivity contribution in [2.24, 2.45) is 0 Å². The molecule has 0 aliphatic heterocycles. The van der Waals surface area contributed by atoms with Gasteiger partial charge in [0.2, 0.25) is 0 Å². The molecule has 0 bridgehead atoms. The first-order valence-electron chi connectivity index (χ1n) is 4.28. The van der Waals surface area contributed by atoms with Crippen molar-refractivity contribution in [3.8, 4) is 0 Å². The largest absolute Gasteiger partial charge is 0.396 e. The van der Waals surface area contributed by atoms with Crippen LogP contribution in [0.5, 0.6) is 0 Å². The van der Waals surface area contributed by atoms with Crippen LogP contribution in [0.2, 0.25) is 0 Å². The second-order valence-electron chi connectivity index (χ2n) is 2.70. The molecule has 1 aromatic carbocycles. The Bertz CT molecular complexity index is 261. The zero-order valence-electron chi connectivity index (χ0n) is 7.36. The number of hydrogen-bond donors (Lipinski definition) is 2. The molecule has 0 fully saturated rings. The molecule has 0 spiro atoms. The Morgan fingerprint density at radius 2 is 2.00 bits per heavy atom. The van der Waals surface area contributed by atoms with Crippen molar-refractivity contribution in [3.63, 3.8) is 0 Å². The molecular formula is C10H13NOS.